The van der Waals surface area contributed by atoms with Crippen LogP contribution in [0, 0.1) is 6.92 Å². The molecule has 1 unspecified atom stereocenters. The van der Waals surface area contributed by atoms with Crippen molar-refractivity contribution >= 4 is 21.8 Å². The molecule has 1 amide bonds. The molecule has 0 bridgehead atoms. The summed E-state index contributed by atoms with van der Waals surface area (Å²) in [6, 6.07) is 7.77. The van der Waals surface area contributed by atoms with E-state index in [0.29, 0.717) is 5.56 Å². The molecular formula is C16H16BrNO2. The fourth-order valence-electron chi connectivity index (χ4n) is 2.75. The van der Waals surface area contributed by atoms with Gasteiger partial charge in [0.15, 0.2) is 0 Å². The Labute approximate surface area is 126 Å². The smallest absolute Gasteiger partial charge is 0.251 e. The fourth-order valence-corrected chi connectivity index (χ4v) is 3.35. The second kappa shape index (κ2) is 5.44. The van der Waals surface area contributed by atoms with E-state index in [0.717, 1.165) is 40.6 Å². The van der Waals surface area contributed by atoms with Crippen molar-refractivity contribution in [3.63, 3.8) is 0 Å². The van der Waals surface area contributed by atoms with Gasteiger partial charge in [-0.3, -0.25) is 4.79 Å². The summed E-state index contributed by atoms with van der Waals surface area (Å²) < 4.78 is 6.38. The molecule has 0 radical (unpaired) electrons. The Hall–Kier alpha value is -1.55. The van der Waals surface area contributed by atoms with Crippen LogP contribution in [-0.4, -0.2) is 5.91 Å². The number of carbonyl (C=O) groups excluding carboxylic acids is 1. The van der Waals surface area contributed by atoms with E-state index in [-0.39, 0.29) is 11.9 Å². The lowest BCUT2D eigenvalue weighted by Crippen LogP contribution is -2.30. The van der Waals surface area contributed by atoms with E-state index in [1.165, 1.54) is 0 Å². The molecule has 4 heteroatoms. The van der Waals surface area contributed by atoms with Gasteiger partial charge in [0.25, 0.3) is 5.91 Å². The minimum Gasteiger partial charge on any atom is -0.469 e. The topological polar surface area (TPSA) is 42.2 Å². The van der Waals surface area contributed by atoms with E-state index in [2.05, 4.69) is 21.2 Å². The number of halogens is 1. The van der Waals surface area contributed by atoms with Crippen molar-refractivity contribution in [2.75, 3.05) is 0 Å². The van der Waals surface area contributed by atoms with Crippen molar-refractivity contribution in [3.8, 4) is 0 Å². The predicted octanol–water partition coefficient (Wildman–Crippen LogP) is 4.16. The quantitative estimate of drug-likeness (QED) is 0.896. The number of nitrogens with one attached hydrogen (secondary N) is 1. The Bertz CT molecular complexity index is 627. The van der Waals surface area contributed by atoms with Gasteiger partial charge in [0, 0.05) is 22.0 Å². The minimum absolute atomic E-state index is 0.0338. The molecule has 20 heavy (non-hydrogen) atoms. The number of rotatable bonds is 2. The van der Waals surface area contributed by atoms with E-state index >= 15 is 0 Å². The number of benzene rings is 1. The molecular weight excluding hydrogens is 318 g/mol. The van der Waals surface area contributed by atoms with Crippen LogP contribution in [0.5, 0.6) is 0 Å². The summed E-state index contributed by atoms with van der Waals surface area (Å²) in [6.45, 7) is 1.98. The van der Waals surface area contributed by atoms with Crippen molar-refractivity contribution in [2.45, 2.75) is 32.2 Å². The molecule has 1 aliphatic carbocycles. The Kier molecular flexibility index (Phi) is 3.66. The highest BCUT2D eigenvalue weighted by Crippen LogP contribution is 2.30. The van der Waals surface area contributed by atoms with E-state index < -0.39 is 0 Å². The molecule has 0 spiro atoms. The maximum atomic E-state index is 12.4. The van der Waals surface area contributed by atoms with E-state index in [4.69, 9.17) is 4.42 Å². The van der Waals surface area contributed by atoms with Gasteiger partial charge in [-0.25, -0.2) is 0 Å². The predicted molar refractivity (Wildman–Crippen MR) is 80.7 cm³/mol. The summed E-state index contributed by atoms with van der Waals surface area (Å²) in [4.78, 5) is 12.4. The summed E-state index contributed by atoms with van der Waals surface area (Å²) >= 11 is 3.43. The van der Waals surface area contributed by atoms with Crippen LogP contribution in [0.2, 0.25) is 0 Å². The average Bonchev–Trinajstić information content (AvgIpc) is 2.87. The number of carbonyl (C=O) groups is 1. The number of hydrogen-bond acceptors (Lipinski definition) is 2. The first-order valence-corrected chi connectivity index (χ1v) is 7.57. The standard InChI is InChI=1S/C16H16BrNO2/c1-10-7-11(9-12(17)8-10)16(19)18-14-3-2-4-15-13(14)5-6-20-15/h5-9,14H,2-4H2,1H3,(H,18,19). The molecule has 0 saturated heterocycles. The molecule has 0 aliphatic heterocycles. The highest BCUT2D eigenvalue weighted by molar-refractivity contribution is 9.10. The van der Waals surface area contributed by atoms with Gasteiger partial charge in [-0.15, -0.1) is 0 Å². The highest BCUT2D eigenvalue weighted by atomic mass is 79.9. The first-order chi connectivity index (χ1) is 9.63. The fraction of sp³-hybridized carbons (Fsp3) is 0.312. The van der Waals surface area contributed by atoms with Gasteiger partial charge in [-0.1, -0.05) is 15.9 Å². The highest BCUT2D eigenvalue weighted by Gasteiger charge is 2.24. The number of amides is 1. The Morgan fingerprint density at radius 1 is 1.40 bits per heavy atom. The Morgan fingerprint density at radius 2 is 2.25 bits per heavy atom. The second-order valence-electron chi connectivity index (χ2n) is 5.23. The van der Waals surface area contributed by atoms with Crippen molar-refractivity contribution in [3.05, 3.63) is 57.5 Å². The summed E-state index contributed by atoms with van der Waals surface area (Å²) in [6.07, 6.45) is 4.68. The molecule has 1 aromatic carbocycles. The number of fused-ring (bicyclic) bond motifs is 1. The van der Waals surface area contributed by atoms with Crippen molar-refractivity contribution in [1.29, 1.82) is 0 Å². The van der Waals surface area contributed by atoms with Crippen molar-refractivity contribution < 1.29 is 9.21 Å². The zero-order chi connectivity index (χ0) is 14.1. The molecule has 2 aromatic rings. The van der Waals surface area contributed by atoms with Crippen LogP contribution >= 0.6 is 15.9 Å². The van der Waals surface area contributed by atoms with Gasteiger partial charge < -0.3 is 9.73 Å². The molecule has 3 rings (SSSR count). The van der Waals surface area contributed by atoms with Gasteiger partial charge in [0.2, 0.25) is 0 Å². The molecule has 0 fully saturated rings. The van der Waals surface area contributed by atoms with Crippen molar-refractivity contribution in [2.24, 2.45) is 0 Å². The zero-order valence-electron chi connectivity index (χ0n) is 11.3. The third-order valence-electron chi connectivity index (χ3n) is 3.66. The summed E-state index contributed by atoms with van der Waals surface area (Å²) in [5, 5.41) is 3.11. The minimum atomic E-state index is -0.0338. The monoisotopic (exact) mass is 333 g/mol. The first-order valence-electron chi connectivity index (χ1n) is 6.78. The molecule has 104 valence electrons. The third kappa shape index (κ3) is 2.66. The summed E-state index contributed by atoms with van der Waals surface area (Å²) in [5.74, 6) is 0.973. The number of furan rings is 1. The Balaban J connectivity index is 1.80. The summed E-state index contributed by atoms with van der Waals surface area (Å²) in [7, 11) is 0. The van der Waals surface area contributed by atoms with Gasteiger partial charge in [0.1, 0.15) is 5.76 Å². The lowest BCUT2D eigenvalue weighted by Gasteiger charge is -2.22. The molecule has 3 nitrogen and oxygen atoms in total. The molecule has 1 aliphatic rings. The molecule has 0 saturated carbocycles. The lowest BCUT2D eigenvalue weighted by molar-refractivity contribution is 0.0932. The average molecular weight is 334 g/mol. The number of aryl methyl sites for hydroxylation is 2. The van der Waals surface area contributed by atoms with Crippen molar-refractivity contribution in [1.82, 2.24) is 5.32 Å². The number of hydrogen-bond donors (Lipinski definition) is 1. The molecule has 1 heterocycles. The largest absolute Gasteiger partial charge is 0.469 e. The van der Waals surface area contributed by atoms with E-state index in [9.17, 15) is 4.79 Å². The van der Waals surface area contributed by atoms with E-state index in [1.54, 1.807) is 6.26 Å². The van der Waals surface area contributed by atoms with Gasteiger partial charge in [-0.2, -0.15) is 0 Å². The summed E-state index contributed by atoms with van der Waals surface area (Å²) in [5.41, 5.74) is 2.88. The maximum Gasteiger partial charge on any atom is 0.251 e. The molecule has 1 atom stereocenters. The lowest BCUT2D eigenvalue weighted by atomic mass is 9.93. The Morgan fingerprint density at radius 3 is 3.05 bits per heavy atom. The van der Waals surface area contributed by atoms with Crippen LogP contribution in [0.1, 0.15) is 46.1 Å². The van der Waals surface area contributed by atoms with Gasteiger partial charge in [0.05, 0.1) is 12.3 Å². The van der Waals surface area contributed by atoms with Crippen LogP contribution in [0.3, 0.4) is 0 Å². The molecule has 1 aromatic heterocycles. The van der Waals surface area contributed by atoms with Crippen LogP contribution < -0.4 is 5.32 Å². The van der Waals surface area contributed by atoms with Crippen LogP contribution in [0.25, 0.3) is 0 Å². The second-order valence-corrected chi connectivity index (χ2v) is 6.15. The van der Waals surface area contributed by atoms with E-state index in [1.807, 2.05) is 31.2 Å². The first kappa shape index (κ1) is 13.4. The van der Waals surface area contributed by atoms with Gasteiger partial charge >= 0.3 is 0 Å². The van der Waals surface area contributed by atoms with Crippen LogP contribution in [-0.2, 0) is 6.42 Å². The SMILES string of the molecule is Cc1cc(Br)cc(C(=O)NC2CCCc3occc32)c1. The molecule has 1 N–H and O–H groups in total. The normalized spacial score (nSPS) is 17.6. The third-order valence-corrected chi connectivity index (χ3v) is 4.12. The van der Waals surface area contributed by atoms with Crippen LogP contribution in [0.4, 0.5) is 0 Å². The van der Waals surface area contributed by atoms with Gasteiger partial charge in [-0.05, 0) is 49.6 Å². The zero-order valence-corrected chi connectivity index (χ0v) is 12.9. The maximum absolute atomic E-state index is 12.4. The van der Waals surface area contributed by atoms with Crippen LogP contribution in [0.15, 0.2) is 39.4 Å².